The lowest BCUT2D eigenvalue weighted by Crippen LogP contribution is -1.98. The van der Waals surface area contributed by atoms with E-state index in [-0.39, 0.29) is 6.79 Å². The first-order valence-electron chi connectivity index (χ1n) is 6.11. The van der Waals surface area contributed by atoms with Crippen molar-refractivity contribution in [2.24, 2.45) is 0 Å². The summed E-state index contributed by atoms with van der Waals surface area (Å²) in [5.41, 5.74) is 1.04. The molecule has 0 aliphatic heterocycles. The Labute approximate surface area is 115 Å². The van der Waals surface area contributed by atoms with Gasteiger partial charge in [0.25, 0.3) is 0 Å². The molecule has 0 unspecified atom stereocenters. The molecule has 0 saturated heterocycles. The van der Waals surface area contributed by atoms with Gasteiger partial charge in [0.1, 0.15) is 6.79 Å². The normalized spacial score (nSPS) is 12.1. The fourth-order valence-electron chi connectivity index (χ4n) is 1.45. The minimum atomic E-state index is -3.32. The molecule has 0 spiro atoms. The second kappa shape index (κ2) is 8.09. The fraction of sp³-hybridized carbons (Fsp3) is 0.429. The van der Waals surface area contributed by atoms with Gasteiger partial charge in [0.15, 0.2) is 9.84 Å². The number of unbranched alkanes of at least 4 members (excludes halogenated alkanes) is 1. The molecule has 0 amide bonds. The summed E-state index contributed by atoms with van der Waals surface area (Å²) in [7, 11) is -1.76. The Hall–Kier alpha value is -1.17. The molecule has 0 heterocycles. The van der Waals surface area contributed by atoms with Gasteiger partial charge in [0.2, 0.25) is 0 Å². The Morgan fingerprint density at radius 3 is 2.53 bits per heavy atom. The van der Waals surface area contributed by atoms with Crippen molar-refractivity contribution in [3.63, 3.8) is 0 Å². The summed E-state index contributed by atoms with van der Waals surface area (Å²) in [5, 5.41) is 1.26. The van der Waals surface area contributed by atoms with E-state index < -0.39 is 9.84 Å². The zero-order valence-corrected chi connectivity index (χ0v) is 12.2. The predicted molar refractivity (Wildman–Crippen MR) is 74.6 cm³/mol. The number of rotatable bonds is 8. The van der Waals surface area contributed by atoms with E-state index in [2.05, 4.69) is 0 Å². The van der Waals surface area contributed by atoms with E-state index in [9.17, 15) is 8.42 Å². The summed E-state index contributed by atoms with van der Waals surface area (Å²) in [5.74, 6) is 0. The van der Waals surface area contributed by atoms with E-state index in [0.29, 0.717) is 17.9 Å². The van der Waals surface area contributed by atoms with Crippen LogP contribution in [-0.2, 0) is 19.3 Å². The Kier molecular flexibility index (Phi) is 6.77. The molecule has 1 aromatic rings. The molecule has 0 atom stereocenters. The molecule has 0 fully saturated rings. The van der Waals surface area contributed by atoms with Crippen LogP contribution in [0.1, 0.15) is 18.4 Å². The number of hydrogen-bond acceptors (Lipinski definition) is 4. The smallest absolute Gasteiger partial charge is 0.199 e. The summed E-state index contributed by atoms with van der Waals surface area (Å²) in [6.45, 7) is 2.75. The molecule has 1 rings (SSSR count). The molecule has 4 nitrogen and oxygen atoms in total. The maximum Gasteiger partial charge on any atom is 0.199 e. The van der Waals surface area contributed by atoms with Gasteiger partial charge in [0.05, 0.1) is 4.90 Å². The minimum Gasteiger partial charge on any atom is -0.359 e. The van der Waals surface area contributed by atoms with E-state index in [4.69, 9.17) is 9.47 Å². The standard InChI is InChI=1S/C14H20O4S/c1-13-6-8-14(9-7-13)19(15,16)11-5-3-4-10-18-12-17-2/h5-9,11H,3-4,10,12H2,1-2H3/b11-5+. The van der Waals surface area contributed by atoms with Gasteiger partial charge in [-0.2, -0.15) is 0 Å². The number of hydrogen-bond donors (Lipinski definition) is 0. The highest BCUT2D eigenvalue weighted by Crippen LogP contribution is 2.13. The van der Waals surface area contributed by atoms with Crippen LogP contribution in [0.3, 0.4) is 0 Å². The number of sulfone groups is 1. The van der Waals surface area contributed by atoms with Gasteiger partial charge in [-0.15, -0.1) is 0 Å². The van der Waals surface area contributed by atoms with Crippen LogP contribution < -0.4 is 0 Å². The molecule has 0 aliphatic rings. The largest absolute Gasteiger partial charge is 0.359 e. The van der Waals surface area contributed by atoms with Gasteiger partial charge in [-0.05, 0) is 31.9 Å². The molecular formula is C14H20O4S. The molecule has 106 valence electrons. The SMILES string of the molecule is COCOCCC/C=C/S(=O)(=O)c1ccc(C)cc1. The molecule has 0 aromatic heterocycles. The average molecular weight is 284 g/mol. The van der Waals surface area contributed by atoms with Crippen molar-refractivity contribution < 1.29 is 17.9 Å². The summed E-state index contributed by atoms with van der Waals surface area (Å²) >= 11 is 0. The Morgan fingerprint density at radius 2 is 1.89 bits per heavy atom. The molecular weight excluding hydrogens is 264 g/mol. The highest BCUT2D eigenvalue weighted by Gasteiger charge is 2.08. The van der Waals surface area contributed by atoms with Crippen LogP contribution in [0.4, 0.5) is 0 Å². The first-order valence-corrected chi connectivity index (χ1v) is 7.66. The van der Waals surface area contributed by atoms with Gasteiger partial charge in [-0.25, -0.2) is 8.42 Å². The molecule has 0 saturated carbocycles. The van der Waals surface area contributed by atoms with E-state index >= 15 is 0 Å². The van der Waals surface area contributed by atoms with Gasteiger partial charge in [-0.3, -0.25) is 0 Å². The van der Waals surface area contributed by atoms with Crippen LogP contribution in [-0.4, -0.2) is 28.9 Å². The second-order valence-corrected chi connectivity index (χ2v) is 6.02. The third-order valence-corrected chi connectivity index (χ3v) is 3.97. The number of aryl methyl sites for hydroxylation is 1. The number of ether oxygens (including phenoxy) is 2. The van der Waals surface area contributed by atoms with Crippen LogP contribution in [0.15, 0.2) is 40.6 Å². The summed E-state index contributed by atoms with van der Waals surface area (Å²) in [6.07, 6.45) is 3.09. The zero-order valence-electron chi connectivity index (χ0n) is 11.3. The Morgan fingerprint density at radius 1 is 1.21 bits per heavy atom. The number of benzene rings is 1. The lowest BCUT2D eigenvalue weighted by molar-refractivity contribution is -0.0308. The predicted octanol–water partition coefficient (Wildman–Crippen LogP) is 2.68. The Bertz CT molecular complexity index is 489. The van der Waals surface area contributed by atoms with Crippen molar-refractivity contribution in [3.8, 4) is 0 Å². The first kappa shape index (κ1) is 15.9. The van der Waals surface area contributed by atoms with Crippen molar-refractivity contribution in [3.05, 3.63) is 41.3 Å². The second-order valence-electron chi connectivity index (χ2n) is 4.19. The number of allylic oxidation sites excluding steroid dienone is 1. The fourth-order valence-corrected chi connectivity index (χ4v) is 2.51. The quantitative estimate of drug-likeness (QED) is 0.544. The summed E-state index contributed by atoms with van der Waals surface area (Å²) in [4.78, 5) is 0.324. The highest BCUT2D eigenvalue weighted by molar-refractivity contribution is 7.94. The van der Waals surface area contributed by atoms with Crippen molar-refractivity contribution >= 4 is 9.84 Å². The van der Waals surface area contributed by atoms with E-state index in [1.807, 2.05) is 6.92 Å². The van der Waals surface area contributed by atoms with Crippen LogP contribution in [0.2, 0.25) is 0 Å². The van der Waals surface area contributed by atoms with Crippen LogP contribution in [0.25, 0.3) is 0 Å². The van der Waals surface area contributed by atoms with Crippen molar-refractivity contribution in [1.29, 1.82) is 0 Å². The van der Waals surface area contributed by atoms with Gasteiger partial charge >= 0.3 is 0 Å². The van der Waals surface area contributed by atoms with E-state index in [1.165, 1.54) is 5.41 Å². The zero-order chi connectivity index (χ0) is 14.1. The molecule has 0 N–H and O–H groups in total. The van der Waals surface area contributed by atoms with Crippen molar-refractivity contribution in [2.45, 2.75) is 24.7 Å². The van der Waals surface area contributed by atoms with Gasteiger partial charge < -0.3 is 9.47 Å². The Balaban J connectivity index is 2.44. The molecule has 0 bridgehead atoms. The third kappa shape index (κ3) is 6.00. The molecule has 0 aliphatic carbocycles. The van der Waals surface area contributed by atoms with Crippen LogP contribution >= 0.6 is 0 Å². The number of methoxy groups -OCH3 is 1. The topological polar surface area (TPSA) is 52.6 Å². The third-order valence-electron chi connectivity index (χ3n) is 2.49. The van der Waals surface area contributed by atoms with Crippen LogP contribution in [0.5, 0.6) is 0 Å². The minimum absolute atomic E-state index is 0.269. The average Bonchev–Trinajstić information content (AvgIpc) is 2.38. The summed E-state index contributed by atoms with van der Waals surface area (Å²) in [6, 6.07) is 6.83. The van der Waals surface area contributed by atoms with Crippen molar-refractivity contribution in [1.82, 2.24) is 0 Å². The lowest BCUT2D eigenvalue weighted by atomic mass is 10.2. The summed E-state index contributed by atoms with van der Waals surface area (Å²) < 4.78 is 33.7. The maximum absolute atomic E-state index is 11.9. The molecule has 19 heavy (non-hydrogen) atoms. The van der Waals surface area contributed by atoms with Crippen molar-refractivity contribution in [2.75, 3.05) is 20.5 Å². The van der Waals surface area contributed by atoms with Gasteiger partial charge in [-0.1, -0.05) is 23.8 Å². The molecule has 1 aromatic carbocycles. The lowest BCUT2D eigenvalue weighted by Gasteiger charge is -2.01. The monoisotopic (exact) mass is 284 g/mol. The van der Waals surface area contributed by atoms with Crippen LogP contribution in [0, 0.1) is 6.92 Å². The first-order chi connectivity index (χ1) is 9.06. The van der Waals surface area contributed by atoms with E-state index in [0.717, 1.165) is 12.0 Å². The van der Waals surface area contributed by atoms with E-state index in [1.54, 1.807) is 37.5 Å². The maximum atomic E-state index is 11.9. The molecule has 0 radical (unpaired) electrons. The molecule has 5 heteroatoms. The van der Waals surface area contributed by atoms with Gasteiger partial charge in [0, 0.05) is 19.1 Å². The highest BCUT2D eigenvalue weighted by atomic mass is 32.2.